The number of alkyl halides is 3. The quantitative estimate of drug-likeness (QED) is 0.630. The van der Waals surface area contributed by atoms with Crippen LogP contribution in [0.25, 0.3) is 5.82 Å². The maximum atomic E-state index is 13.8. The van der Waals surface area contributed by atoms with Gasteiger partial charge in [-0.05, 0) is 31.2 Å². The Bertz CT molecular complexity index is 1190. The molecule has 0 fully saturated rings. The summed E-state index contributed by atoms with van der Waals surface area (Å²) in [6, 6.07) is 6.84. The molecule has 1 aliphatic heterocycles. The van der Waals surface area contributed by atoms with E-state index in [4.69, 9.17) is 9.47 Å². The van der Waals surface area contributed by atoms with Crippen molar-refractivity contribution in [1.82, 2.24) is 20.0 Å². The van der Waals surface area contributed by atoms with Gasteiger partial charge < -0.3 is 20.1 Å². The highest BCUT2D eigenvalue weighted by Crippen LogP contribution is 2.35. The molecule has 1 atom stereocenters. The number of amides is 2. The molecule has 0 unspecified atom stereocenters. The Balaban J connectivity index is 1.65. The molecule has 0 bridgehead atoms. The third kappa shape index (κ3) is 3.91. The second-order valence-corrected chi connectivity index (χ2v) is 6.66. The topological polar surface area (TPSA) is 120 Å². The molecule has 0 aliphatic carbocycles. The number of benzene rings is 1. The number of methoxy groups -OCH3 is 1. The van der Waals surface area contributed by atoms with Gasteiger partial charge in [0.15, 0.2) is 17.6 Å². The number of nitrogens with zero attached hydrogens (tertiary/aromatic N) is 4. The molecule has 2 N–H and O–H groups in total. The summed E-state index contributed by atoms with van der Waals surface area (Å²) in [5.74, 6) is -1.22. The lowest BCUT2D eigenvalue weighted by Crippen LogP contribution is -2.34. The summed E-state index contributed by atoms with van der Waals surface area (Å²) in [6.45, 7) is 1.57. The van der Waals surface area contributed by atoms with Crippen molar-refractivity contribution in [1.29, 1.82) is 0 Å². The number of carbonyl (C=O) groups excluding carboxylic acids is 2. The summed E-state index contributed by atoms with van der Waals surface area (Å²) >= 11 is 0. The third-order valence-electron chi connectivity index (χ3n) is 4.50. The number of anilines is 2. The molecule has 1 aromatic carbocycles. The van der Waals surface area contributed by atoms with Gasteiger partial charge in [0.25, 0.3) is 11.8 Å². The fraction of sp³-hybridized carbons (Fsp3) is 0.211. The zero-order valence-corrected chi connectivity index (χ0v) is 16.6. The maximum absolute atomic E-state index is 13.8. The number of rotatable bonds is 4. The molecule has 1 aliphatic rings. The van der Waals surface area contributed by atoms with Crippen LogP contribution >= 0.6 is 0 Å². The monoisotopic (exact) mass is 448 g/mol. The van der Waals surface area contributed by atoms with Gasteiger partial charge >= 0.3 is 6.18 Å². The average molecular weight is 448 g/mol. The molecule has 0 radical (unpaired) electrons. The lowest BCUT2D eigenvalue weighted by Gasteiger charge is -2.23. The van der Waals surface area contributed by atoms with Gasteiger partial charge in [-0.1, -0.05) is 0 Å². The molecule has 3 heterocycles. The average Bonchev–Trinajstić information content (AvgIpc) is 3.21. The van der Waals surface area contributed by atoms with Crippen molar-refractivity contribution in [3.63, 3.8) is 0 Å². The van der Waals surface area contributed by atoms with Gasteiger partial charge in [-0.15, -0.1) is 10.2 Å². The van der Waals surface area contributed by atoms with E-state index >= 15 is 0 Å². The highest BCUT2D eigenvalue weighted by molar-refractivity contribution is 6.06. The van der Waals surface area contributed by atoms with Crippen molar-refractivity contribution in [3.05, 3.63) is 47.8 Å². The summed E-state index contributed by atoms with van der Waals surface area (Å²) in [7, 11) is 1.33. The highest BCUT2D eigenvalue weighted by atomic mass is 19.4. The number of halogens is 3. The first-order chi connectivity index (χ1) is 15.2. The minimum Gasteiger partial charge on any atom is -0.480 e. The molecular weight excluding hydrogens is 433 g/mol. The van der Waals surface area contributed by atoms with Crippen LogP contribution in [0.2, 0.25) is 0 Å². The summed E-state index contributed by atoms with van der Waals surface area (Å²) in [6.07, 6.45) is -4.82. The second-order valence-electron chi connectivity index (χ2n) is 6.66. The molecule has 3 aromatic rings. The van der Waals surface area contributed by atoms with Crippen LogP contribution in [0, 0.1) is 0 Å². The van der Waals surface area contributed by atoms with Crippen LogP contribution < -0.4 is 20.1 Å². The van der Waals surface area contributed by atoms with Crippen molar-refractivity contribution in [2.45, 2.75) is 19.2 Å². The Hall–Kier alpha value is -4.16. The summed E-state index contributed by atoms with van der Waals surface area (Å²) < 4.78 is 52.1. The van der Waals surface area contributed by atoms with Crippen molar-refractivity contribution in [2.75, 3.05) is 17.7 Å². The third-order valence-corrected chi connectivity index (χ3v) is 4.50. The highest BCUT2D eigenvalue weighted by Gasteiger charge is 2.41. The van der Waals surface area contributed by atoms with Crippen LogP contribution in [-0.2, 0) is 11.0 Å². The number of hydrogen-bond donors (Lipinski definition) is 2. The van der Waals surface area contributed by atoms with Gasteiger partial charge in [0.05, 0.1) is 24.6 Å². The van der Waals surface area contributed by atoms with E-state index in [0.29, 0.717) is 10.4 Å². The lowest BCUT2D eigenvalue weighted by atomic mass is 10.2. The first-order valence-corrected chi connectivity index (χ1v) is 9.13. The molecule has 2 aromatic heterocycles. The fourth-order valence-electron chi connectivity index (χ4n) is 2.98. The Morgan fingerprint density at radius 3 is 2.69 bits per heavy atom. The number of nitrogens with one attached hydrogen (secondary N) is 2. The van der Waals surface area contributed by atoms with Crippen LogP contribution in [0.4, 0.5) is 24.5 Å². The van der Waals surface area contributed by atoms with E-state index in [0.717, 1.165) is 6.20 Å². The minimum atomic E-state index is -4.92. The predicted molar refractivity (Wildman–Crippen MR) is 104 cm³/mol. The molecule has 32 heavy (non-hydrogen) atoms. The van der Waals surface area contributed by atoms with Gasteiger partial charge in [0.1, 0.15) is 5.75 Å². The van der Waals surface area contributed by atoms with E-state index in [1.54, 1.807) is 6.92 Å². The Morgan fingerprint density at radius 2 is 2.03 bits per heavy atom. The van der Waals surface area contributed by atoms with Gasteiger partial charge in [-0.25, -0.2) is 4.68 Å². The van der Waals surface area contributed by atoms with E-state index in [-0.39, 0.29) is 29.0 Å². The predicted octanol–water partition coefficient (Wildman–Crippen LogP) is 2.66. The standard InChI is InChI=1S/C19H15F3N6O4/c1-9-17(29)25-12-7-10(3-4-13(12)32-9)24-18(30)11-8-23-28(16(11)19(20,21)22)14-5-6-15(31-2)27-26-14/h3-9H,1-2H3,(H,24,30)(H,25,29)/t9-/m0/s1. The van der Waals surface area contributed by atoms with Crippen molar-refractivity contribution < 1.29 is 32.2 Å². The van der Waals surface area contributed by atoms with Gasteiger partial charge in [0.2, 0.25) is 5.88 Å². The molecule has 4 rings (SSSR count). The SMILES string of the molecule is COc1ccc(-n2ncc(C(=O)Nc3ccc4c(c3)NC(=O)[C@H](C)O4)c2C(F)(F)F)nn1. The van der Waals surface area contributed by atoms with E-state index in [1.165, 1.54) is 37.4 Å². The van der Waals surface area contributed by atoms with Crippen molar-refractivity contribution in [2.24, 2.45) is 0 Å². The molecule has 166 valence electrons. The number of hydrogen-bond acceptors (Lipinski definition) is 7. The number of carbonyl (C=O) groups is 2. The molecule has 0 saturated carbocycles. The molecular formula is C19H15F3N6O4. The molecule has 2 amide bonds. The normalized spacial score (nSPS) is 15.4. The molecule has 13 heteroatoms. The first kappa shape index (κ1) is 21.1. The van der Waals surface area contributed by atoms with Crippen molar-refractivity contribution in [3.8, 4) is 17.4 Å². The Morgan fingerprint density at radius 1 is 1.25 bits per heavy atom. The van der Waals surface area contributed by atoms with Crippen LogP contribution in [-0.4, -0.2) is 45.0 Å². The zero-order chi connectivity index (χ0) is 23.0. The number of ether oxygens (including phenoxy) is 2. The smallest absolute Gasteiger partial charge is 0.434 e. The van der Waals surface area contributed by atoms with Crippen LogP contribution in [0.15, 0.2) is 36.5 Å². The van der Waals surface area contributed by atoms with Gasteiger partial charge in [-0.2, -0.15) is 18.3 Å². The molecule has 0 saturated heterocycles. The summed E-state index contributed by atoms with van der Waals surface area (Å²) in [4.78, 5) is 24.4. The molecule has 10 nitrogen and oxygen atoms in total. The van der Waals surface area contributed by atoms with Crippen LogP contribution in [0.1, 0.15) is 23.0 Å². The van der Waals surface area contributed by atoms with E-state index in [9.17, 15) is 22.8 Å². The van der Waals surface area contributed by atoms with Gasteiger partial charge in [0, 0.05) is 11.8 Å². The van der Waals surface area contributed by atoms with E-state index in [1.807, 2.05) is 0 Å². The van der Waals surface area contributed by atoms with E-state index < -0.39 is 29.4 Å². The summed E-state index contributed by atoms with van der Waals surface area (Å²) in [5.41, 5.74) is -1.61. The minimum absolute atomic E-state index is 0.102. The van der Waals surface area contributed by atoms with Gasteiger partial charge in [-0.3, -0.25) is 9.59 Å². The lowest BCUT2D eigenvalue weighted by molar-refractivity contribution is -0.143. The zero-order valence-electron chi connectivity index (χ0n) is 16.6. The fourth-order valence-corrected chi connectivity index (χ4v) is 2.98. The van der Waals surface area contributed by atoms with E-state index in [2.05, 4.69) is 25.9 Å². The van der Waals surface area contributed by atoms with Crippen molar-refractivity contribution >= 4 is 23.2 Å². The maximum Gasteiger partial charge on any atom is 0.434 e. The Labute approximate surface area is 178 Å². The first-order valence-electron chi connectivity index (χ1n) is 9.13. The van der Waals surface area contributed by atoms with Crippen LogP contribution in [0.5, 0.6) is 11.6 Å². The number of fused-ring (bicyclic) bond motifs is 1. The number of aromatic nitrogens is 4. The summed E-state index contributed by atoms with van der Waals surface area (Å²) in [5, 5.41) is 15.9. The largest absolute Gasteiger partial charge is 0.480 e. The van der Waals surface area contributed by atoms with Crippen LogP contribution in [0.3, 0.4) is 0 Å². The molecule has 0 spiro atoms. The Kier molecular flexibility index (Phi) is 5.16. The second kappa shape index (κ2) is 7.83.